The summed E-state index contributed by atoms with van der Waals surface area (Å²) in [6, 6.07) is 0. The minimum absolute atomic E-state index is 0. The molecule has 6 heteroatoms. The molecule has 0 spiro atoms. The third-order valence-electron chi connectivity index (χ3n) is 1.38. The number of ketones is 1. The number of Topliss-reactive ketones (excluding diaryl/α,β-unsaturated/α-hetero) is 1. The molecule has 0 rings (SSSR count). The van der Waals surface area contributed by atoms with Gasteiger partial charge in [0.2, 0.25) is 0 Å². The van der Waals surface area contributed by atoms with E-state index in [0.29, 0.717) is 0 Å². The van der Waals surface area contributed by atoms with Gasteiger partial charge in [-0.25, -0.2) is 4.79 Å². The molecular formula is C9H13NaO5. The molecule has 0 aliphatic rings. The van der Waals surface area contributed by atoms with Crippen molar-refractivity contribution < 1.29 is 53.7 Å². The van der Waals surface area contributed by atoms with Crippen molar-refractivity contribution in [1.82, 2.24) is 0 Å². The van der Waals surface area contributed by atoms with Crippen LogP contribution in [-0.2, 0) is 19.1 Å². The fraction of sp³-hybridized carbons (Fsp3) is 0.556. The van der Waals surface area contributed by atoms with Crippen molar-refractivity contribution in [3.63, 3.8) is 0 Å². The van der Waals surface area contributed by atoms with Gasteiger partial charge in [-0.3, -0.25) is 4.79 Å². The van der Waals surface area contributed by atoms with Crippen LogP contribution in [0.1, 0.15) is 20.8 Å². The number of rotatable bonds is 5. The summed E-state index contributed by atoms with van der Waals surface area (Å²) in [5, 5.41) is 11.0. The molecule has 0 aliphatic heterocycles. The second-order valence-corrected chi connectivity index (χ2v) is 2.40. The van der Waals surface area contributed by atoms with E-state index in [1.807, 2.05) is 0 Å². The monoisotopic (exact) mass is 224 g/mol. The van der Waals surface area contributed by atoms with Crippen molar-refractivity contribution >= 4 is 11.8 Å². The van der Waals surface area contributed by atoms with E-state index in [4.69, 9.17) is 0 Å². The fourth-order valence-corrected chi connectivity index (χ4v) is 0.682. The predicted octanol–water partition coefficient (Wildman–Crippen LogP) is -3.25. The number of ether oxygens (including phenoxy) is 2. The summed E-state index contributed by atoms with van der Waals surface area (Å²) >= 11 is 0. The Kier molecular flexibility index (Phi) is 9.87. The normalized spacial score (nSPS) is 10.9. The Labute approximate surface area is 111 Å². The van der Waals surface area contributed by atoms with E-state index in [0.717, 1.165) is 0 Å². The van der Waals surface area contributed by atoms with Gasteiger partial charge in [0.1, 0.15) is 0 Å². The van der Waals surface area contributed by atoms with Gasteiger partial charge in [-0.05, 0) is 20.5 Å². The summed E-state index contributed by atoms with van der Waals surface area (Å²) in [6.45, 7) is 4.68. The van der Waals surface area contributed by atoms with Crippen LogP contribution in [0.15, 0.2) is 11.5 Å². The number of esters is 1. The zero-order chi connectivity index (χ0) is 11.1. The molecule has 0 saturated heterocycles. The van der Waals surface area contributed by atoms with Crippen LogP contribution in [0.25, 0.3) is 0 Å². The van der Waals surface area contributed by atoms with Crippen LogP contribution >= 0.6 is 0 Å². The van der Waals surface area contributed by atoms with Crippen LogP contribution in [0.3, 0.4) is 0 Å². The van der Waals surface area contributed by atoms with Gasteiger partial charge in [-0.1, -0.05) is 6.92 Å². The second kappa shape index (κ2) is 8.76. The van der Waals surface area contributed by atoms with Crippen molar-refractivity contribution in [3.05, 3.63) is 11.5 Å². The minimum atomic E-state index is -1.03. The Balaban J connectivity index is 0. The smallest absolute Gasteiger partial charge is 0.613 e. The van der Waals surface area contributed by atoms with Crippen LogP contribution in [-0.4, -0.2) is 25.0 Å². The number of carbonyl (C=O) groups is 2. The maximum atomic E-state index is 11.1. The number of hydrogen-bond donors (Lipinski definition) is 0. The van der Waals surface area contributed by atoms with Crippen molar-refractivity contribution in [2.45, 2.75) is 20.8 Å². The van der Waals surface area contributed by atoms with Crippen molar-refractivity contribution in [3.8, 4) is 0 Å². The van der Waals surface area contributed by atoms with Gasteiger partial charge in [-0.2, -0.15) is 0 Å². The first-order valence-corrected chi connectivity index (χ1v) is 4.26. The van der Waals surface area contributed by atoms with Gasteiger partial charge in [0.25, 0.3) is 5.78 Å². The first-order valence-electron chi connectivity index (χ1n) is 4.26. The molecule has 0 aromatic heterocycles. The molecule has 0 N–H and O–H groups in total. The molecule has 0 saturated carbocycles. The van der Waals surface area contributed by atoms with Gasteiger partial charge in [0, 0.05) is 5.57 Å². The molecule has 0 aromatic carbocycles. The average molecular weight is 224 g/mol. The summed E-state index contributed by atoms with van der Waals surface area (Å²) < 4.78 is 8.98. The summed E-state index contributed by atoms with van der Waals surface area (Å²) in [6.07, 6.45) is 0. The summed E-state index contributed by atoms with van der Waals surface area (Å²) in [5.74, 6) is -2.77. The third kappa shape index (κ3) is 5.81. The molecule has 0 bridgehead atoms. The summed E-state index contributed by atoms with van der Waals surface area (Å²) in [5.41, 5.74) is -0.259. The molecule has 0 atom stereocenters. The van der Waals surface area contributed by atoms with E-state index in [-0.39, 0.29) is 48.3 Å². The van der Waals surface area contributed by atoms with Gasteiger partial charge >= 0.3 is 35.5 Å². The Morgan fingerprint density at radius 1 is 1.13 bits per heavy atom. The molecule has 0 heterocycles. The van der Waals surface area contributed by atoms with Gasteiger partial charge in [0.15, 0.2) is 0 Å². The molecule has 0 unspecified atom stereocenters. The SMILES string of the molecule is CCOC(=O)C(=O)/C(C)=C(\[O-])OCC.[Na+]. The van der Waals surface area contributed by atoms with Crippen LogP contribution in [0.5, 0.6) is 0 Å². The average Bonchev–Trinajstić information content (AvgIpc) is 2.16. The van der Waals surface area contributed by atoms with Crippen molar-refractivity contribution in [2.24, 2.45) is 0 Å². The summed E-state index contributed by atoms with van der Waals surface area (Å²) in [7, 11) is 0. The number of carbonyl (C=O) groups excluding carboxylic acids is 2. The topological polar surface area (TPSA) is 75.7 Å². The standard InChI is InChI=1S/C9H14O5.Na/c1-4-13-8(11)6(3)7(10)9(12)14-5-2;/h11H,4-5H2,1-3H3;/q;+1/p-1/b8-6+;. The van der Waals surface area contributed by atoms with Crippen molar-refractivity contribution in [2.75, 3.05) is 13.2 Å². The number of hydrogen-bond acceptors (Lipinski definition) is 5. The third-order valence-corrected chi connectivity index (χ3v) is 1.38. The first-order chi connectivity index (χ1) is 6.54. The maximum absolute atomic E-state index is 11.1. The molecule has 5 nitrogen and oxygen atoms in total. The van der Waals surface area contributed by atoms with E-state index in [2.05, 4.69) is 9.47 Å². The zero-order valence-electron chi connectivity index (χ0n) is 9.46. The molecule has 0 fully saturated rings. The van der Waals surface area contributed by atoms with Gasteiger partial charge < -0.3 is 14.6 Å². The van der Waals surface area contributed by atoms with E-state index in [1.54, 1.807) is 13.8 Å². The van der Waals surface area contributed by atoms with Crippen LogP contribution in [0.2, 0.25) is 0 Å². The Hall–Kier alpha value is -0.520. The molecule has 15 heavy (non-hydrogen) atoms. The van der Waals surface area contributed by atoms with Crippen LogP contribution in [0.4, 0.5) is 0 Å². The van der Waals surface area contributed by atoms with Gasteiger partial charge in [0.05, 0.1) is 12.6 Å². The van der Waals surface area contributed by atoms with E-state index < -0.39 is 17.7 Å². The Morgan fingerprint density at radius 3 is 2.00 bits per heavy atom. The Bertz CT molecular complexity index is 259. The summed E-state index contributed by atoms with van der Waals surface area (Å²) in [4.78, 5) is 22.0. The second-order valence-electron chi connectivity index (χ2n) is 2.40. The Morgan fingerprint density at radius 2 is 1.60 bits per heavy atom. The molecule has 80 valence electrons. The largest absolute Gasteiger partial charge is 1.00 e. The van der Waals surface area contributed by atoms with Crippen LogP contribution < -0.4 is 34.7 Å². The van der Waals surface area contributed by atoms with E-state index in [1.165, 1.54) is 6.92 Å². The first kappa shape index (κ1) is 16.9. The van der Waals surface area contributed by atoms with Gasteiger partial charge in [-0.15, -0.1) is 0 Å². The molecular weight excluding hydrogens is 211 g/mol. The molecule has 0 radical (unpaired) electrons. The minimum Gasteiger partial charge on any atom is -0.613 e. The molecule has 0 aromatic rings. The molecule has 0 aliphatic carbocycles. The quantitative estimate of drug-likeness (QED) is 0.161. The zero-order valence-corrected chi connectivity index (χ0v) is 11.5. The predicted molar refractivity (Wildman–Crippen MR) is 46.0 cm³/mol. The van der Waals surface area contributed by atoms with E-state index >= 15 is 0 Å². The van der Waals surface area contributed by atoms with Crippen LogP contribution in [0, 0.1) is 0 Å². The maximum Gasteiger partial charge on any atom is 1.00 e. The molecule has 0 amide bonds. The fourth-order valence-electron chi connectivity index (χ4n) is 0.682. The van der Waals surface area contributed by atoms with E-state index in [9.17, 15) is 14.7 Å². The van der Waals surface area contributed by atoms with Crippen molar-refractivity contribution in [1.29, 1.82) is 0 Å².